The monoisotopic (exact) mass is 605 g/mol. The molecule has 3 aromatic carbocycles. The van der Waals surface area contributed by atoms with E-state index in [1.54, 1.807) is 30.3 Å². The first kappa shape index (κ1) is 35.3. The van der Waals surface area contributed by atoms with Crippen LogP contribution in [0.25, 0.3) is 0 Å². The number of rotatable bonds is 11. The highest BCUT2D eigenvalue weighted by Gasteiger charge is 2.36. The van der Waals surface area contributed by atoms with Crippen LogP contribution in [0.1, 0.15) is 50.8 Å². The second-order valence-corrected chi connectivity index (χ2v) is 10.3. The summed E-state index contributed by atoms with van der Waals surface area (Å²) in [5.74, 6) is 5.17. The van der Waals surface area contributed by atoms with Gasteiger partial charge in [0.1, 0.15) is 11.5 Å². The van der Waals surface area contributed by atoms with Crippen LogP contribution < -0.4 is 21.1 Å². The highest BCUT2D eigenvalue weighted by Crippen LogP contribution is 2.42. The lowest BCUT2D eigenvalue weighted by Crippen LogP contribution is -2.30. The number of hydrogen-bond acceptors (Lipinski definition) is 5. The Morgan fingerprint density at radius 1 is 0.837 bits per heavy atom. The van der Waals surface area contributed by atoms with E-state index >= 15 is 0 Å². The number of nitrogens with two attached hydrogens (primary N) is 2. The summed E-state index contributed by atoms with van der Waals surface area (Å²) < 4.78 is 74.3. The van der Waals surface area contributed by atoms with E-state index in [9.17, 15) is 22.0 Å². The van der Waals surface area contributed by atoms with Gasteiger partial charge in [-0.25, -0.2) is 5.84 Å². The predicted molar refractivity (Wildman–Crippen MR) is 161 cm³/mol. The van der Waals surface area contributed by atoms with Gasteiger partial charge >= 0.3 is 12.5 Å². The average Bonchev–Trinajstić information content (AvgIpc) is 2.91. The molecule has 1 unspecified atom stereocenters. The van der Waals surface area contributed by atoms with Crippen LogP contribution in [0.15, 0.2) is 102 Å². The molecule has 0 aromatic heterocycles. The van der Waals surface area contributed by atoms with E-state index in [1.165, 1.54) is 30.3 Å². The molecule has 3 rings (SSSR count). The molecule has 0 aliphatic rings. The van der Waals surface area contributed by atoms with Crippen LogP contribution in [0.4, 0.5) is 22.0 Å². The molecular formula is C33H40F5N3O2. The van der Waals surface area contributed by atoms with Crippen LogP contribution in [0.5, 0.6) is 11.5 Å². The zero-order valence-electron chi connectivity index (χ0n) is 25.1. The largest absolute Gasteiger partial charge is 0.573 e. The summed E-state index contributed by atoms with van der Waals surface area (Å²) in [6.07, 6.45) is -7.27. The van der Waals surface area contributed by atoms with Crippen LogP contribution in [-0.4, -0.2) is 31.1 Å². The fraction of sp³-hybridized carbons (Fsp3) is 0.333. The average molecular weight is 606 g/mol. The molecule has 43 heavy (non-hydrogen) atoms. The van der Waals surface area contributed by atoms with Crippen molar-refractivity contribution >= 4 is 0 Å². The Labute approximate surface area is 250 Å². The van der Waals surface area contributed by atoms with Crippen LogP contribution in [-0.2, 0) is 11.8 Å². The topological polar surface area (TPSA) is 73.7 Å². The van der Waals surface area contributed by atoms with Crippen molar-refractivity contribution in [3.63, 3.8) is 0 Å². The van der Waals surface area contributed by atoms with Gasteiger partial charge in [-0.3, -0.25) is 0 Å². The van der Waals surface area contributed by atoms with Gasteiger partial charge in [0.2, 0.25) is 0 Å². The number of hydrazine groups is 1. The molecule has 0 spiro atoms. The van der Waals surface area contributed by atoms with Crippen molar-refractivity contribution in [2.75, 3.05) is 13.6 Å². The molecule has 0 saturated heterocycles. The van der Waals surface area contributed by atoms with Crippen LogP contribution >= 0.6 is 0 Å². The second-order valence-electron chi connectivity index (χ2n) is 10.3. The molecule has 0 bridgehead atoms. The van der Waals surface area contributed by atoms with E-state index in [0.29, 0.717) is 37.4 Å². The first-order chi connectivity index (χ1) is 20.0. The Kier molecular flexibility index (Phi) is 12.3. The SMILES string of the molecule is C=C(C)/C(CN)=C(/C)N(C)N.CCC(Cc1ccccc1)(c1cccc(OC(C)(F)F)c1)c1cccc(OC(F)(F)F)c1. The molecule has 0 saturated carbocycles. The summed E-state index contributed by atoms with van der Waals surface area (Å²) in [6, 6.07) is 21.5. The van der Waals surface area contributed by atoms with Crippen molar-refractivity contribution in [3.05, 3.63) is 119 Å². The third kappa shape index (κ3) is 10.7. The first-order valence-electron chi connectivity index (χ1n) is 13.6. The zero-order chi connectivity index (χ0) is 32.4. The van der Waals surface area contributed by atoms with Crippen LogP contribution in [0, 0.1) is 0 Å². The summed E-state index contributed by atoms with van der Waals surface area (Å²) >= 11 is 0. The van der Waals surface area contributed by atoms with Crippen molar-refractivity contribution in [3.8, 4) is 11.5 Å². The molecule has 0 radical (unpaired) electrons. The van der Waals surface area contributed by atoms with Crippen molar-refractivity contribution in [2.45, 2.75) is 58.4 Å². The summed E-state index contributed by atoms with van der Waals surface area (Å²) in [7, 11) is 1.79. The van der Waals surface area contributed by atoms with Gasteiger partial charge in [-0.15, -0.1) is 13.2 Å². The summed E-state index contributed by atoms with van der Waals surface area (Å²) in [5, 5.41) is 1.55. The molecule has 0 fully saturated rings. The van der Waals surface area contributed by atoms with E-state index in [2.05, 4.69) is 11.3 Å². The third-order valence-electron chi connectivity index (χ3n) is 6.94. The third-order valence-corrected chi connectivity index (χ3v) is 6.94. The van der Waals surface area contributed by atoms with Crippen molar-refractivity contribution in [1.29, 1.82) is 0 Å². The molecule has 10 heteroatoms. The molecule has 4 N–H and O–H groups in total. The van der Waals surface area contributed by atoms with Gasteiger partial charge in [-0.05, 0) is 73.2 Å². The van der Waals surface area contributed by atoms with E-state index in [0.717, 1.165) is 22.4 Å². The van der Waals surface area contributed by atoms with Crippen LogP contribution in [0.2, 0.25) is 0 Å². The van der Waals surface area contributed by atoms with Gasteiger partial charge in [-0.1, -0.05) is 73.7 Å². The Balaban J connectivity index is 0.000000499. The van der Waals surface area contributed by atoms with E-state index in [1.807, 2.05) is 51.1 Å². The maximum atomic E-state index is 13.5. The van der Waals surface area contributed by atoms with Gasteiger partial charge < -0.3 is 20.2 Å². The van der Waals surface area contributed by atoms with E-state index in [4.69, 9.17) is 16.3 Å². The lowest BCUT2D eigenvalue weighted by atomic mass is 9.68. The minimum absolute atomic E-state index is 0.0245. The normalized spacial score (nSPS) is 13.6. The fourth-order valence-corrected chi connectivity index (χ4v) is 4.75. The first-order valence-corrected chi connectivity index (χ1v) is 13.6. The summed E-state index contributed by atoms with van der Waals surface area (Å²) in [4.78, 5) is 0. The second kappa shape index (κ2) is 15.0. The summed E-state index contributed by atoms with van der Waals surface area (Å²) in [6.45, 7) is 10.7. The van der Waals surface area contributed by atoms with Gasteiger partial charge in [-0.2, -0.15) is 8.78 Å². The highest BCUT2D eigenvalue weighted by molar-refractivity contribution is 5.46. The van der Waals surface area contributed by atoms with Gasteiger partial charge in [0, 0.05) is 31.6 Å². The molecule has 234 valence electrons. The van der Waals surface area contributed by atoms with Crippen molar-refractivity contribution in [1.82, 2.24) is 5.01 Å². The standard InChI is InChI=1S/C25H23F5O2.C8H17N3/c1-3-24(17-18-9-5-4-6-10-18,19-11-7-13-21(15-19)31-23(2,26)27)20-12-8-14-22(16-20)32-25(28,29)30;1-6(2)8(5-9)7(3)11(4)10/h4-16H,3,17H2,1-2H3;1,5,9-10H2,2-4H3/b;8-7-. The lowest BCUT2D eigenvalue weighted by molar-refractivity contribution is -0.274. The maximum absolute atomic E-state index is 13.5. The van der Waals surface area contributed by atoms with E-state index < -0.39 is 17.9 Å². The number of allylic oxidation sites excluding steroid dienone is 1. The van der Waals surface area contributed by atoms with Gasteiger partial charge in [0.25, 0.3) is 0 Å². The summed E-state index contributed by atoms with van der Waals surface area (Å²) in [5.41, 5.74) is 9.84. The molecular weight excluding hydrogens is 565 g/mol. The maximum Gasteiger partial charge on any atom is 0.573 e. The predicted octanol–water partition coefficient (Wildman–Crippen LogP) is 8.12. The number of nitrogens with zero attached hydrogens (tertiary/aromatic N) is 1. The zero-order valence-corrected chi connectivity index (χ0v) is 25.1. The highest BCUT2D eigenvalue weighted by atomic mass is 19.4. The molecule has 0 aliphatic carbocycles. The minimum Gasteiger partial charge on any atom is -0.433 e. The Morgan fingerprint density at radius 2 is 1.35 bits per heavy atom. The van der Waals surface area contributed by atoms with Gasteiger partial charge in [0.05, 0.1) is 0 Å². The fourth-order valence-electron chi connectivity index (χ4n) is 4.75. The number of benzene rings is 3. The van der Waals surface area contributed by atoms with Crippen molar-refractivity contribution < 1.29 is 31.4 Å². The van der Waals surface area contributed by atoms with E-state index in [-0.39, 0.29) is 11.5 Å². The molecule has 0 amide bonds. The molecule has 3 aromatic rings. The Hall–Kier alpha value is -3.89. The smallest absolute Gasteiger partial charge is 0.433 e. The lowest BCUT2D eigenvalue weighted by Gasteiger charge is -2.35. The molecule has 0 heterocycles. The van der Waals surface area contributed by atoms with Gasteiger partial charge in [0.15, 0.2) is 0 Å². The molecule has 0 aliphatic heterocycles. The number of alkyl halides is 5. The minimum atomic E-state index is -4.83. The number of halogens is 5. The number of hydrogen-bond donors (Lipinski definition) is 2. The number of ether oxygens (including phenoxy) is 2. The molecule has 5 nitrogen and oxygen atoms in total. The molecule has 1 atom stereocenters. The Morgan fingerprint density at radius 3 is 1.72 bits per heavy atom. The van der Waals surface area contributed by atoms with Crippen LogP contribution in [0.3, 0.4) is 0 Å². The quantitative estimate of drug-likeness (QED) is 0.1000. The Bertz CT molecular complexity index is 1310. The van der Waals surface area contributed by atoms with Crippen molar-refractivity contribution in [2.24, 2.45) is 11.6 Å².